The fraction of sp³-hybridized carbons (Fsp3) is 0.0769. The van der Waals surface area contributed by atoms with Crippen molar-refractivity contribution < 1.29 is 13.7 Å². The van der Waals surface area contributed by atoms with Gasteiger partial charge in [-0.05, 0) is 11.6 Å². The Morgan fingerprint density at radius 2 is 1.90 bits per heavy atom. The Hall–Kier alpha value is -2.21. The number of anilines is 1. The summed E-state index contributed by atoms with van der Waals surface area (Å²) in [5, 5.41) is 13.8. The second-order valence-electron chi connectivity index (χ2n) is 3.99. The molecule has 20 heavy (non-hydrogen) atoms. The number of benzene rings is 2. The molecular formula is C13H9ClF2N2O2. The van der Waals surface area contributed by atoms with Gasteiger partial charge in [0.05, 0.1) is 10.6 Å². The number of nitro benzene ring substituents is 1. The summed E-state index contributed by atoms with van der Waals surface area (Å²) in [6.45, 7) is 0.166. The SMILES string of the molecule is O=[N+]([O-])c1cc(NCc2ccccc2Cl)c(F)cc1F. The van der Waals surface area contributed by atoms with Gasteiger partial charge in [0, 0.05) is 23.7 Å². The van der Waals surface area contributed by atoms with Crippen LogP contribution in [0.5, 0.6) is 0 Å². The molecule has 0 aliphatic carbocycles. The fourth-order valence-corrected chi connectivity index (χ4v) is 1.85. The van der Waals surface area contributed by atoms with E-state index in [1.54, 1.807) is 24.3 Å². The highest BCUT2D eigenvalue weighted by Gasteiger charge is 2.18. The van der Waals surface area contributed by atoms with Crippen LogP contribution in [0.25, 0.3) is 0 Å². The van der Waals surface area contributed by atoms with Gasteiger partial charge < -0.3 is 5.32 Å². The number of halogens is 3. The summed E-state index contributed by atoms with van der Waals surface area (Å²) in [5.41, 5.74) is -0.244. The maximum absolute atomic E-state index is 13.5. The molecule has 2 aromatic rings. The van der Waals surface area contributed by atoms with Crippen LogP contribution in [0.4, 0.5) is 20.2 Å². The highest BCUT2D eigenvalue weighted by atomic mass is 35.5. The average molecular weight is 299 g/mol. The van der Waals surface area contributed by atoms with Crippen LogP contribution in [-0.2, 0) is 6.54 Å². The molecule has 0 bridgehead atoms. The van der Waals surface area contributed by atoms with Crippen LogP contribution in [0.2, 0.25) is 5.02 Å². The Kier molecular flexibility index (Phi) is 4.14. The van der Waals surface area contributed by atoms with Gasteiger partial charge in [-0.2, -0.15) is 4.39 Å². The molecule has 0 amide bonds. The van der Waals surface area contributed by atoms with Gasteiger partial charge in [0.1, 0.15) is 5.82 Å². The van der Waals surface area contributed by atoms with Crippen molar-refractivity contribution in [2.24, 2.45) is 0 Å². The van der Waals surface area contributed by atoms with Gasteiger partial charge in [-0.25, -0.2) is 4.39 Å². The van der Waals surface area contributed by atoms with Crippen LogP contribution < -0.4 is 5.32 Å². The van der Waals surface area contributed by atoms with Crippen molar-refractivity contribution >= 4 is 23.0 Å². The number of hydrogen-bond acceptors (Lipinski definition) is 3. The molecule has 0 unspecified atom stereocenters. The van der Waals surface area contributed by atoms with E-state index in [-0.39, 0.29) is 12.2 Å². The lowest BCUT2D eigenvalue weighted by Gasteiger charge is -2.09. The molecule has 0 radical (unpaired) electrons. The van der Waals surface area contributed by atoms with E-state index in [0.717, 1.165) is 6.07 Å². The third-order valence-electron chi connectivity index (χ3n) is 2.66. The number of nitro groups is 1. The van der Waals surface area contributed by atoms with Crippen LogP contribution in [0, 0.1) is 21.7 Å². The predicted octanol–water partition coefficient (Wildman–Crippen LogP) is 4.14. The van der Waals surface area contributed by atoms with Crippen molar-refractivity contribution in [3.8, 4) is 0 Å². The Labute approximate surface area is 118 Å². The zero-order valence-corrected chi connectivity index (χ0v) is 10.8. The van der Waals surface area contributed by atoms with Gasteiger partial charge >= 0.3 is 5.69 Å². The molecule has 0 aliphatic heterocycles. The predicted molar refractivity (Wildman–Crippen MR) is 71.8 cm³/mol. The summed E-state index contributed by atoms with van der Waals surface area (Å²) in [7, 11) is 0. The molecule has 0 fully saturated rings. The van der Waals surface area contributed by atoms with E-state index in [0.29, 0.717) is 16.7 Å². The second-order valence-corrected chi connectivity index (χ2v) is 4.39. The van der Waals surface area contributed by atoms with Gasteiger partial charge in [0.15, 0.2) is 0 Å². The monoisotopic (exact) mass is 298 g/mol. The lowest BCUT2D eigenvalue weighted by atomic mass is 10.2. The normalized spacial score (nSPS) is 10.3. The van der Waals surface area contributed by atoms with Gasteiger partial charge in [-0.3, -0.25) is 10.1 Å². The van der Waals surface area contributed by atoms with Crippen LogP contribution in [-0.4, -0.2) is 4.92 Å². The Bertz CT molecular complexity index is 665. The molecular weight excluding hydrogens is 290 g/mol. The fourth-order valence-electron chi connectivity index (χ4n) is 1.65. The zero-order chi connectivity index (χ0) is 14.7. The highest BCUT2D eigenvalue weighted by Crippen LogP contribution is 2.26. The molecule has 2 aromatic carbocycles. The first-order chi connectivity index (χ1) is 9.49. The summed E-state index contributed by atoms with van der Waals surface area (Å²) >= 11 is 5.94. The van der Waals surface area contributed by atoms with E-state index in [9.17, 15) is 18.9 Å². The summed E-state index contributed by atoms with van der Waals surface area (Å²) in [5.74, 6) is -2.11. The van der Waals surface area contributed by atoms with Gasteiger partial charge in [-0.1, -0.05) is 29.8 Å². The molecule has 104 valence electrons. The summed E-state index contributed by atoms with van der Waals surface area (Å²) in [6.07, 6.45) is 0. The molecule has 0 aliphatic rings. The first kappa shape index (κ1) is 14.2. The molecule has 0 atom stereocenters. The Balaban J connectivity index is 2.24. The standard InChI is InChI=1S/C13H9ClF2N2O2/c14-9-4-2-1-3-8(9)7-17-12-6-13(18(19)20)11(16)5-10(12)15/h1-6,17H,7H2. The lowest BCUT2D eigenvalue weighted by molar-refractivity contribution is -0.387. The lowest BCUT2D eigenvalue weighted by Crippen LogP contribution is -2.04. The van der Waals surface area contributed by atoms with Crippen molar-refractivity contribution in [1.82, 2.24) is 0 Å². The Morgan fingerprint density at radius 1 is 1.20 bits per heavy atom. The highest BCUT2D eigenvalue weighted by molar-refractivity contribution is 6.31. The van der Waals surface area contributed by atoms with Gasteiger partial charge in [-0.15, -0.1) is 0 Å². The van der Waals surface area contributed by atoms with E-state index >= 15 is 0 Å². The van der Waals surface area contributed by atoms with Crippen molar-refractivity contribution in [1.29, 1.82) is 0 Å². The minimum atomic E-state index is -1.21. The van der Waals surface area contributed by atoms with Crippen molar-refractivity contribution in [2.75, 3.05) is 5.32 Å². The van der Waals surface area contributed by atoms with Crippen molar-refractivity contribution in [3.63, 3.8) is 0 Å². The number of hydrogen-bond donors (Lipinski definition) is 1. The molecule has 0 heterocycles. The quantitative estimate of drug-likeness (QED) is 0.682. The van der Waals surface area contributed by atoms with Crippen LogP contribution in [0.15, 0.2) is 36.4 Å². The largest absolute Gasteiger partial charge is 0.378 e. The third-order valence-corrected chi connectivity index (χ3v) is 3.03. The first-order valence-electron chi connectivity index (χ1n) is 5.59. The molecule has 0 saturated carbocycles. The molecule has 0 saturated heterocycles. The smallest absolute Gasteiger partial charge is 0.307 e. The number of nitrogens with zero attached hydrogens (tertiary/aromatic N) is 1. The second kappa shape index (κ2) is 5.83. The molecule has 4 nitrogen and oxygen atoms in total. The van der Waals surface area contributed by atoms with Crippen LogP contribution >= 0.6 is 11.6 Å². The van der Waals surface area contributed by atoms with E-state index in [2.05, 4.69) is 5.32 Å². The Morgan fingerprint density at radius 3 is 2.55 bits per heavy atom. The minimum Gasteiger partial charge on any atom is -0.378 e. The summed E-state index contributed by atoms with van der Waals surface area (Å²) in [6, 6.07) is 8.20. The summed E-state index contributed by atoms with van der Waals surface area (Å²) in [4.78, 5) is 9.70. The number of nitrogens with one attached hydrogen (secondary N) is 1. The van der Waals surface area contributed by atoms with E-state index < -0.39 is 22.2 Å². The number of rotatable bonds is 4. The van der Waals surface area contributed by atoms with Gasteiger partial charge in [0.2, 0.25) is 5.82 Å². The first-order valence-corrected chi connectivity index (χ1v) is 5.97. The molecule has 7 heteroatoms. The average Bonchev–Trinajstić information content (AvgIpc) is 2.39. The van der Waals surface area contributed by atoms with Crippen molar-refractivity contribution in [3.05, 3.63) is 68.7 Å². The van der Waals surface area contributed by atoms with Crippen molar-refractivity contribution in [2.45, 2.75) is 6.54 Å². The topological polar surface area (TPSA) is 55.2 Å². The zero-order valence-electron chi connectivity index (χ0n) is 10.1. The minimum absolute atomic E-state index is 0.155. The molecule has 0 spiro atoms. The molecule has 0 aromatic heterocycles. The maximum atomic E-state index is 13.5. The third kappa shape index (κ3) is 3.03. The van der Waals surface area contributed by atoms with E-state index in [4.69, 9.17) is 11.6 Å². The van der Waals surface area contributed by atoms with E-state index in [1.165, 1.54) is 0 Å². The maximum Gasteiger partial charge on any atom is 0.307 e. The molecule has 1 N–H and O–H groups in total. The summed E-state index contributed by atoms with van der Waals surface area (Å²) < 4.78 is 26.7. The van der Waals surface area contributed by atoms with Gasteiger partial charge in [0.25, 0.3) is 0 Å². The molecule has 2 rings (SSSR count). The van der Waals surface area contributed by atoms with E-state index in [1.807, 2.05) is 0 Å². The van der Waals surface area contributed by atoms with Crippen LogP contribution in [0.3, 0.4) is 0 Å². The van der Waals surface area contributed by atoms with Crippen LogP contribution in [0.1, 0.15) is 5.56 Å².